The van der Waals surface area contributed by atoms with Crippen molar-refractivity contribution in [2.24, 2.45) is 24.1 Å². The number of rotatable bonds is 3. The number of likely N-dealkylation sites (tertiary alicyclic amines) is 1. The van der Waals surface area contributed by atoms with Gasteiger partial charge in [-0.3, -0.25) is 14.3 Å². The topological polar surface area (TPSA) is 108 Å². The van der Waals surface area contributed by atoms with Gasteiger partial charge in [-0.2, -0.15) is 23.5 Å². The molecule has 2 aliphatic rings. The first kappa shape index (κ1) is 23.6. The molecule has 0 bridgehead atoms. The summed E-state index contributed by atoms with van der Waals surface area (Å²) in [4.78, 5) is 28.7. The number of nitrogens with two attached hydrogens (primary N) is 1. The smallest absolute Gasteiger partial charge is 0.370 e. The second-order valence-electron chi connectivity index (χ2n) is 9.12. The number of hydrogen-bond acceptors (Lipinski definition) is 5. The molecule has 8 nitrogen and oxygen atoms in total. The number of nitrogens with zero attached hydrogens (tertiary/aromatic N) is 5. The van der Waals surface area contributed by atoms with Crippen molar-refractivity contribution < 1.29 is 22.8 Å². The van der Waals surface area contributed by atoms with Crippen LogP contribution in [0.2, 0.25) is 0 Å². The summed E-state index contributed by atoms with van der Waals surface area (Å²) in [6.45, 7) is 3.15. The Kier molecular flexibility index (Phi) is 5.79. The third-order valence-electron chi connectivity index (χ3n) is 7.05. The lowest BCUT2D eigenvalue weighted by molar-refractivity contribution is -0.137. The van der Waals surface area contributed by atoms with E-state index in [4.69, 9.17) is 11.0 Å². The van der Waals surface area contributed by atoms with E-state index in [1.54, 1.807) is 35.9 Å². The van der Waals surface area contributed by atoms with Crippen molar-refractivity contribution in [3.8, 4) is 6.07 Å². The summed E-state index contributed by atoms with van der Waals surface area (Å²) in [5.41, 5.74) is 5.22. The fourth-order valence-corrected chi connectivity index (χ4v) is 5.25. The van der Waals surface area contributed by atoms with Crippen LogP contribution in [0.25, 0.3) is 0 Å². The monoisotopic (exact) mass is 474 g/mol. The molecule has 1 spiro atoms. The molecule has 2 N–H and O–H groups in total. The van der Waals surface area contributed by atoms with E-state index in [0.29, 0.717) is 43.9 Å². The number of hydrogen-bond donors (Lipinski definition) is 1. The van der Waals surface area contributed by atoms with Crippen molar-refractivity contribution in [3.63, 3.8) is 0 Å². The molecule has 11 heteroatoms. The summed E-state index contributed by atoms with van der Waals surface area (Å²) in [5, 5.41) is 13.3. The normalized spacial score (nSPS) is 19.9. The molecule has 0 aliphatic carbocycles. The highest BCUT2D eigenvalue weighted by atomic mass is 19.4. The number of anilines is 1. The second-order valence-corrected chi connectivity index (χ2v) is 9.12. The number of halogens is 3. The van der Waals surface area contributed by atoms with Crippen LogP contribution in [0.1, 0.15) is 40.2 Å². The average molecular weight is 474 g/mol. The van der Waals surface area contributed by atoms with Crippen molar-refractivity contribution >= 4 is 17.5 Å². The largest absolute Gasteiger partial charge is 0.417 e. The van der Waals surface area contributed by atoms with Gasteiger partial charge in [0.15, 0.2) is 0 Å². The molecule has 0 radical (unpaired) electrons. The Morgan fingerprint density at radius 2 is 1.91 bits per heavy atom. The van der Waals surface area contributed by atoms with E-state index < -0.39 is 34.5 Å². The first-order valence-corrected chi connectivity index (χ1v) is 10.9. The lowest BCUT2D eigenvalue weighted by Crippen LogP contribution is -2.49. The minimum atomic E-state index is -4.67. The highest BCUT2D eigenvalue weighted by Crippen LogP contribution is 2.47. The number of aryl methyl sites for hydroxylation is 2. The van der Waals surface area contributed by atoms with E-state index in [2.05, 4.69) is 5.10 Å². The van der Waals surface area contributed by atoms with Crippen molar-refractivity contribution in [1.82, 2.24) is 14.7 Å². The standard InChI is InChI=1S/C23H25F3N6O2/c1-14-9-19(30(2)29-14)21(34)31-7-5-22(6-8-31)13-32(12-18(22)20(28)33)16-4-3-15(11-27)17(10-16)23(24,25)26/h3-4,9-10,18H,5-8,12-13H2,1-2H3,(H2,28,33). The van der Waals surface area contributed by atoms with E-state index in [0.717, 1.165) is 17.8 Å². The predicted octanol–water partition coefficient (Wildman–Crippen LogP) is 2.46. The molecule has 2 fully saturated rings. The van der Waals surface area contributed by atoms with Crippen LogP contribution < -0.4 is 10.6 Å². The summed E-state index contributed by atoms with van der Waals surface area (Å²) in [5.74, 6) is -1.21. The zero-order valence-electron chi connectivity index (χ0n) is 18.9. The van der Waals surface area contributed by atoms with Gasteiger partial charge in [0, 0.05) is 44.3 Å². The summed E-state index contributed by atoms with van der Waals surface area (Å²) in [6.07, 6.45) is -3.67. The summed E-state index contributed by atoms with van der Waals surface area (Å²) < 4.78 is 41.9. The van der Waals surface area contributed by atoms with Gasteiger partial charge >= 0.3 is 6.18 Å². The van der Waals surface area contributed by atoms with E-state index >= 15 is 0 Å². The first-order valence-electron chi connectivity index (χ1n) is 10.9. The Bertz CT molecular complexity index is 1170. The quantitative estimate of drug-likeness (QED) is 0.735. The number of piperidine rings is 1. The number of alkyl halides is 3. The number of amides is 2. The summed E-state index contributed by atoms with van der Waals surface area (Å²) in [6, 6.07) is 6.88. The zero-order chi connectivity index (χ0) is 24.8. The van der Waals surface area contributed by atoms with E-state index in [-0.39, 0.29) is 12.5 Å². The maximum absolute atomic E-state index is 13.5. The van der Waals surface area contributed by atoms with Crippen molar-refractivity contribution in [1.29, 1.82) is 5.26 Å². The third-order valence-corrected chi connectivity index (χ3v) is 7.05. The Balaban J connectivity index is 1.56. The molecule has 1 unspecified atom stereocenters. The van der Waals surface area contributed by atoms with Crippen molar-refractivity contribution in [2.45, 2.75) is 25.9 Å². The summed E-state index contributed by atoms with van der Waals surface area (Å²) in [7, 11) is 1.70. The highest BCUT2D eigenvalue weighted by Gasteiger charge is 2.51. The fraction of sp³-hybridized carbons (Fsp3) is 0.478. The molecule has 3 heterocycles. The molecule has 2 aliphatic heterocycles. The Hall–Kier alpha value is -3.55. The van der Waals surface area contributed by atoms with Gasteiger partial charge in [-0.1, -0.05) is 0 Å². The average Bonchev–Trinajstić information content (AvgIpc) is 3.32. The molecule has 0 saturated carbocycles. The molecule has 2 amide bonds. The lowest BCUT2D eigenvalue weighted by atomic mass is 9.70. The van der Waals surface area contributed by atoms with Crippen molar-refractivity contribution in [3.05, 3.63) is 46.8 Å². The van der Waals surface area contributed by atoms with Gasteiger partial charge in [-0.05, 0) is 44.0 Å². The Morgan fingerprint density at radius 3 is 2.44 bits per heavy atom. The van der Waals surface area contributed by atoms with Gasteiger partial charge in [-0.25, -0.2) is 0 Å². The molecular weight excluding hydrogens is 449 g/mol. The molecular formula is C23H25F3N6O2. The molecule has 34 heavy (non-hydrogen) atoms. The van der Waals surface area contributed by atoms with E-state index in [9.17, 15) is 22.8 Å². The Morgan fingerprint density at radius 1 is 1.24 bits per heavy atom. The van der Waals surface area contributed by atoms with Crippen molar-refractivity contribution in [2.75, 3.05) is 31.1 Å². The molecule has 1 aromatic carbocycles. The minimum absolute atomic E-state index is 0.148. The maximum Gasteiger partial charge on any atom is 0.417 e. The third kappa shape index (κ3) is 4.08. The summed E-state index contributed by atoms with van der Waals surface area (Å²) >= 11 is 0. The van der Waals surface area contributed by atoms with Crippen LogP contribution in [-0.4, -0.2) is 52.7 Å². The minimum Gasteiger partial charge on any atom is -0.370 e. The molecule has 2 saturated heterocycles. The molecule has 2 aromatic rings. The van der Waals surface area contributed by atoms with Gasteiger partial charge in [0.25, 0.3) is 5.91 Å². The predicted molar refractivity (Wildman–Crippen MR) is 117 cm³/mol. The van der Waals surface area contributed by atoms with Gasteiger partial charge in [0.05, 0.1) is 28.8 Å². The number of aromatic nitrogens is 2. The van der Waals surface area contributed by atoms with Crippen LogP contribution in [0.15, 0.2) is 24.3 Å². The van der Waals surface area contributed by atoms with Gasteiger partial charge in [0.2, 0.25) is 5.91 Å². The second kappa shape index (κ2) is 8.34. The van der Waals surface area contributed by atoms with Crippen LogP contribution in [0.5, 0.6) is 0 Å². The number of nitriles is 1. The molecule has 180 valence electrons. The Labute approximate surface area is 194 Å². The maximum atomic E-state index is 13.5. The number of benzene rings is 1. The SMILES string of the molecule is Cc1cc(C(=O)N2CCC3(CC2)CN(c2ccc(C#N)c(C(F)(F)F)c2)CC3C(N)=O)n(C)n1. The first-order chi connectivity index (χ1) is 15.9. The van der Waals surface area contributed by atoms with Crippen LogP contribution in [0.4, 0.5) is 18.9 Å². The highest BCUT2D eigenvalue weighted by molar-refractivity contribution is 5.92. The molecule has 1 atom stereocenters. The van der Waals surface area contributed by atoms with Gasteiger partial charge in [-0.15, -0.1) is 0 Å². The molecule has 4 rings (SSSR count). The molecule has 1 aromatic heterocycles. The fourth-order valence-electron chi connectivity index (χ4n) is 5.25. The van der Waals surface area contributed by atoms with Crippen LogP contribution in [-0.2, 0) is 18.0 Å². The van der Waals surface area contributed by atoms with Gasteiger partial charge in [0.1, 0.15) is 5.69 Å². The van der Waals surface area contributed by atoms with E-state index in [1.807, 2.05) is 0 Å². The van der Waals surface area contributed by atoms with Crippen LogP contribution in [0.3, 0.4) is 0 Å². The number of primary amides is 1. The van der Waals surface area contributed by atoms with Gasteiger partial charge < -0.3 is 15.5 Å². The zero-order valence-corrected chi connectivity index (χ0v) is 18.9. The van der Waals surface area contributed by atoms with E-state index in [1.165, 1.54) is 10.7 Å². The van der Waals surface area contributed by atoms with Crippen LogP contribution >= 0.6 is 0 Å². The lowest BCUT2D eigenvalue weighted by Gasteiger charge is -2.41. The number of carbonyl (C=O) groups is 2. The van der Waals surface area contributed by atoms with Crippen LogP contribution in [0, 0.1) is 29.6 Å². The number of carbonyl (C=O) groups excluding carboxylic acids is 2.